The minimum atomic E-state index is -0.691. The third kappa shape index (κ3) is 3.16. The number of phenolic OH excluding ortho intramolecular Hbond substituents is 1. The predicted molar refractivity (Wildman–Crippen MR) is 101 cm³/mol. The molecule has 0 fully saturated rings. The number of carbonyl (C=O) groups excluding carboxylic acids is 2. The Kier molecular flexibility index (Phi) is 4.23. The maximum Gasteiger partial charge on any atom is 0.347 e. The number of aliphatic hydroxyl groups excluding tert-OH is 1. The summed E-state index contributed by atoms with van der Waals surface area (Å²) >= 11 is 0. The van der Waals surface area contributed by atoms with Crippen molar-refractivity contribution in [1.29, 1.82) is 0 Å². The average Bonchev–Trinajstić information content (AvgIpc) is 2.90. The normalized spacial score (nSPS) is 20.6. The molecule has 6 nitrogen and oxygen atoms in total. The van der Waals surface area contributed by atoms with E-state index >= 15 is 0 Å². The summed E-state index contributed by atoms with van der Waals surface area (Å²) in [5.74, 6) is -0.580. The molecular formula is C22H20O6. The van der Waals surface area contributed by atoms with E-state index < -0.39 is 23.6 Å². The van der Waals surface area contributed by atoms with Crippen LogP contribution in [0.15, 0.2) is 48.0 Å². The zero-order valence-corrected chi connectivity index (χ0v) is 15.6. The maximum atomic E-state index is 12.3. The Labute approximate surface area is 162 Å². The van der Waals surface area contributed by atoms with Crippen molar-refractivity contribution < 1.29 is 29.3 Å². The van der Waals surface area contributed by atoms with Gasteiger partial charge in [0, 0.05) is 12.8 Å². The van der Waals surface area contributed by atoms with Gasteiger partial charge >= 0.3 is 11.9 Å². The van der Waals surface area contributed by atoms with Gasteiger partial charge in [0.25, 0.3) is 0 Å². The van der Waals surface area contributed by atoms with Crippen LogP contribution in [-0.4, -0.2) is 33.9 Å². The quantitative estimate of drug-likeness (QED) is 0.628. The fourth-order valence-corrected chi connectivity index (χ4v) is 3.51. The zero-order chi connectivity index (χ0) is 20.1. The van der Waals surface area contributed by atoms with Crippen molar-refractivity contribution in [1.82, 2.24) is 0 Å². The number of aliphatic hydroxyl groups is 1. The number of ether oxygens (including phenoxy) is 2. The third-order valence-corrected chi connectivity index (χ3v) is 5.19. The Morgan fingerprint density at radius 2 is 1.79 bits per heavy atom. The van der Waals surface area contributed by atoms with Gasteiger partial charge in [-0.3, -0.25) is 0 Å². The van der Waals surface area contributed by atoms with Crippen LogP contribution in [0.2, 0.25) is 0 Å². The third-order valence-electron chi connectivity index (χ3n) is 5.19. The largest absolute Gasteiger partial charge is 0.508 e. The number of cyclic esters (lactones) is 2. The Balaban J connectivity index is 1.69. The van der Waals surface area contributed by atoms with E-state index in [2.05, 4.69) is 0 Å². The number of rotatable bonds is 3. The summed E-state index contributed by atoms with van der Waals surface area (Å²) in [6.07, 6.45) is 0.0248. The average molecular weight is 380 g/mol. The molecule has 0 spiro atoms. The van der Waals surface area contributed by atoms with Crippen LogP contribution in [0.4, 0.5) is 0 Å². The molecule has 0 bridgehead atoms. The predicted octanol–water partition coefficient (Wildman–Crippen LogP) is 2.55. The summed E-state index contributed by atoms with van der Waals surface area (Å²) < 4.78 is 10.7. The smallest absolute Gasteiger partial charge is 0.347 e. The number of hydrogen-bond donors (Lipinski definition) is 2. The number of benzene rings is 2. The molecule has 0 aromatic heterocycles. The monoisotopic (exact) mass is 380 g/mol. The van der Waals surface area contributed by atoms with Gasteiger partial charge in [0.15, 0.2) is 0 Å². The summed E-state index contributed by atoms with van der Waals surface area (Å²) in [7, 11) is 0. The van der Waals surface area contributed by atoms with Crippen molar-refractivity contribution in [2.24, 2.45) is 0 Å². The molecule has 2 aliphatic heterocycles. The first-order chi connectivity index (χ1) is 13.2. The summed E-state index contributed by atoms with van der Waals surface area (Å²) in [5.41, 5.74) is 2.00. The molecule has 2 heterocycles. The van der Waals surface area contributed by atoms with Crippen molar-refractivity contribution in [3.63, 3.8) is 0 Å². The molecule has 0 aliphatic carbocycles. The first-order valence-electron chi connectivity index (χ1n) is 9.02. The lowest BCUT2D eigenvalue weighted by Gasteiger charge is -2.37. The lowest BCUT2D eigenvalue weighted by atomic mass is 9.89. The number of carbonyl (C=O) groups is 2. The first kappa shape index (κ1) is 18.3. The van der Waals surface area contributed by atoms with Crippen molar-refractivity contribution in [2.45, 2.75) is 38.4 Å². The number of esters is 2. The van der Waals surface area contributed by atoms with Crippen LogP contribution in [0.25, 0.3) is 5.57 Å². The van der Waals surface area contributed by atoms with E-state index in [1.54, 1.807) is 12.1 Å². The van der Waals surface area contributed by atoms with Crippen LogP contribution in [0, 0.1) is 0 Å². The minimum absolute atomic E-state index is 0.0692. The van der Waals surface area contributed by atoms with Crippen LogP contribution < -0.4 is 4.74 Å². The van der Waals surface area contributed by atoms with Crippen molar-refractivity contribution in [2.75, 3.05) is 0 Å². The second-order valence-electron chi connectivity index (χ2n) is 7.62. The summed E-state index contributed by atoms with van der Waals surface area (Å²) in [6.45, 7) is 3.67. The van der Waals surface area contributed by atoms with Gasteiger partial charge < -0.3 is 19.7 Å². The number of phenols is 1. The fraction of sp³-hybridized carbons (Fsp3) is 0.273. The van der Waals surface area contributed by atoms with E-state index in [-0.39, 0.29) is 23.3 Å². The molecule has 2 aliphatic rings. The van der Waals surface area contributed by atoms with E-state index in [4.69, 9.17) is 9.47 Å². The molecule has 0 radical (unpaired) electrons. The van der Waals surface area contributed by atoms with Gasteiger partial charge in [-0.05, 0) is 48.7 Å². The van der Waals surface area contributed by atoms with Crippen LogP contribution in [0.1, 0.15) is 30.5 Å². The first-order valence-corrected chi connectivity index (χ1v) is 9.02. The molecule has 4 rings (SSSR count). The second-order valence-corrected chi connectivity index (χ2v) is 7.62. The SMILES string of the molecule is CC1(C)Oc2ccc(CC3=C(c4ccc(O)cc4)C(=O)OC3=O)cc2C[C@@H]1O. The van der Waals surface area contributed by atoms with Crippen molar-refractivity contribution in [3.05, 3.63) is 64.7 Å². The van der Waals surface area contributed by atoms with E-state index in [0.717, 1.165) is 11.1 Å². The molecular weight excluding hydrogens is 360 g/mol. The van der Waals surface area contributed by atoms with Gasteiger partial charge in [-0.2, -0.15) is 0 Å². The Morgan fingerprint density at radius 1 is 1.07 bits per heavy atom. The Morgan fingerprint density at radius 3 is 2.50 bits per heavy atom. The summed E-state index contributed by atoms with van der Waals surface area (Å²) in [5, 5.41) is 19.7. The highest BCUT2D eigenvalue weighted by molar-refractivity contribution is 6.30. The Bertz CT molecular complexity index is 1000. The van der Waals surface area contributed by atoms with Gasteiger partial charge in [0.05, 0.1) is 17.3 Å². The van der Waals surface area contributed by atoms with E-state index in [0.29, 0.717) is 17.7 Å². The highest BCUT2D eigenvalue weighted by Crippen LogP contribution is 2.35. The fourth-order valence-electron chi connectivity index (χ4n) is 3.51. The van der Waals surface area contributed by atoms with Crippen molar-refractivity contribution >= 4 is 17.5 Å². The molecule has 6 heteroatoms. The van der Waals surface area contributed by atoms with E-state index in [1.165, 1.54) is 12.1 Å². The number of hydrogen-bond acceptors (Lipinski definition) is 6. The van der Waals surface area contributed by atoms with Gasteiger partial charge in [-0.25, -0.2) is 9.59 Å². The van der Waals surface area contributed by atoms with Gasteiger partial charge in [-0.1, -0.05) is 24.3 Å². The molecule has 0 unspecified atom stereocenters. The van der Waals surface area contributed by atoms with Gasteiger partial charge in [-0.15, -0.1) is 0 Å². The molecule has 0 amide bonds. The highest BCUT2D eigenvalue weighted by atomic mass is 16.6. The molecule has 0 saturated carbocycles. The van der Waals surface area contributed by atoms with Gasteiger partial charge in [0.1, 0.15) is 17.1 Å². The molecule has 2 aromatic carbocycles. The van der Waals surface area contributed by atoms with Crippen LogP contribution in [-0.2, 0) is 27.2 Å². The molecule has 28 heavy (non-hydrogen) atoms. The summed E-state index contributed by atoms with van der Waals surface area (Å²) in [6, 6.07) is 11.6. The second kappa shape index (κ2) is 6.49. The standard InChI is InChI=1S/C22H20O6/c1-22(2)18(24)11-14-9-12(3-8-17(14)28-22)10-16-19(21(26)27-20(16)25)13-4-6-15(23)7-5-13/h3-9,18,23-24H,10-11H2,1-2H3/t18-/m0/s1. The van der Waals surface area contributed by atoms with Crippen molar-refractivity contribution in [3.8, 4) is 11.5 Å². The minimum Gasteiger partial charge on any atom is -0.508 e. The number of fused-ring (bicyclic) bond motifs is 1. The molecule has 2 aromatic rings. The lowest BCUT2D eigenvalue weighted by molar-refractivity contribution is -0.150. The van der Waals surface area contributed by atoms with E-state index in [9.17, 15) is 19.8 Å². The number of aromatic hydroxyl groups is 1. The highest BCUT2D eigenvalue weighted by Gasteiger charge is 2.36. The van der Waals surface area contributed by atoms with Crippen LogP contribution >= 0.6 is 0 Å². The Hall–Kier alpha value is -3.12. The molecule has 0 saturated heterocycles. The summed E-state index contributed by atoms with van der Waals surface area (Å²) in [4.78, 5) is 24.5. The molecule has 2 N–H and O–H groups in total. The molecule has 1 atom stereocenters. The lowest BCUT2D eigenvalue weighted by Crippen LogP contribution is -2.46. The van der Waals surface area contributed by atoms with Gasteiger partial charge in [0.2, 0.25) is 0 Å². The van der Waals surface area contributed by atoms with Crippen LogP contribution in [0.3, 0.4) is 0 Å². The topological polar surface area (TPSA) is 93.1 Å². The van der Waals surface area contributed by atoms with E-state index in [1.807, 2.05) is 32.0 Å². The van der Waals surface area contributed by atoms with Crippen LogP contribution in [0.5, 0.6) is 11.5 Å². The maximum absolute atomic E-state index is 12.3. The zero-order valence-electron chi connectivity index (χ0n) is 15.6. The molecule has 144 valence electrons.